The van der Waals surface area contributed by atoms with Gasteiger partial charge in [0.15, 0.2) is 20.1 Å². The van der Waals surface area contributed by atoms with E-state index in [0.29, 0.717) is 5.69 Å². The number of hydrogen-bond acceptors (Lipinski definition) is 7. The molecule has 1 aromatic heterocycles. The fraction of sp³-hybridized carbons (Fsp3) is 0.571. The summed E-state index contributed by atoms with van der Waals surface area (Å²) in [7, 11) is -7.55. The molecule has 0 saturated heterocycles. The minimum Gasteiger partial charge on any atom is -0.323 e. The quantitative estimate of drug-likeness (QED) is 0.784. The van der Waals surface area contributed by atoms with E-state index in [1.54, 1.807) is 12.3 Å². The highest BCUT2D eigenvalue weighted by atomic mass is 32.3. The molecule has 10 heteroatoms. The van der Waals surface area contributed by atoms with Crippen LogP contribution >= 0.6 is 11.3 Å². The smallest absolute Gasteiger partial charge is 0.248 e. The van der Waals surface area contributed by atoms with Gasteiger partial charge in [-0.3, -0.25) is 4.72 Å². The van der Waals surface area contributed by atoms with Crippen molar-refractivity contribution >= 4 is 36.3 Å². The molecule has 0 spiro atoms. The Labute approximate surface area is 104 Å². The van der Waals surface area contributed by atoms with Crippen molar-refractivity contribution in [2.24, 2.45) is 5.73 Å². The molecule has 1 heterocycles. The Kier molecular flexibility index (Phi) is 4.12. The van der Waals surface area contributed by atoms with Gasteiger partial charge in [0.1, 0.15) is 0 Å². The molecule has 0 aliphatic heterocycles. The summed E-state index contributed by atoms with van der Waals surface area (Å²) in [6.45, 7) is 1.71. The van der Waals surface area contributed by atoms with E-state index >= 15 is 0 Å². The van der Waals surface area contributed by atoms with Crippen molar-refractivity contribution < 1.29 is 16.8 Å². The van der Waals surface area contributed by atoms with Crippen LogP contribution in [0.1, 0.15) is 18.7 Å². The maximum Gasteiger partial charge on any atom is 0.248 e. The number of rotatable bonds is 5. The van der Waals surface area contributed by atoms with Crippen LogP contribution in [-0.4, -0.2) is 33.2 Å². The third-order valence-corrected chi connectivity index (χ3v) is 5.96. The number of nitrogens with one attached hydrogen (secondary N) is 1. The van der Waals surface area contributed by atoms with Crippen molar-refractivity contribution in [3.63, 3.8) is 0 Å². The van der Waals surface area contributed by atoms with Crippen LogP contribution in [0.2, 0.25) is 0 Å². The summed E-state index contributed by atoms with van der Waals surface area (Å²) in [6, 6.07) is -0.306. The highest BCUT2D eigenvalue weighted by Crippen LogP contribution is 2.20. The molecule has 1 unspecified atom stereocenters. The molecular formula is C7H13N3O4S3. The first-order valence-electron chi connectivity index (χ1n) is 4.48. The van der Waals surface area contributed by atoms with E-state index in [4.69, 9.17) is 5.73 Å². The molecule has 0 aliphatic rings. The molecule has 1 rings (SSSR count). The predicted molar refractivity (Wildman–Crippen MR) is 67.0 cm³/mol. The van der Waals surface area contributed by atoms with E-state index in [1.165, 1.54) is 0 Å². The van der Waals surface area contributed by atoms with Gasteiger partial charge in [-0.1, -0.05) is 0 Å². The molecule has 0 fully saturated rings. The normalized spacial score (nSPS) is 14.5. The van der Waals surface area contributed by atoms with Gasteiger partial charge in [-0.15, -0.1) is 11.3 Å². The van der Waals surface area contributed by atoms with Gasteiger partial charge in [-0.05, 0) is 6.92 Å². The molecule has 17 heavy (non-hydrogen) atoms. The summed E-state index contributed by atoms with van der Waals surface area (Å²) in [5.41, 5.74) is 6.11. The Morgan fingerprint density at radius 1 is 1.47 bits per heavy atom. The van der Waals surface area contributed by atoms with Gasteiger partial charge in [-0.25, -0.2) is 21.8 Å². The molecule has 0 radical (unpaired) electrons. The fourth-order valence-electron chi connectivity index (χ4n) is 0.986. The predicted octanol–water partition coefficient (Wildman–Crippen LogP) is -0.0934. The molecule has 0 aliphatic carbocycles. The highest BCUT2D eigenvalue weighted by molar-refractivity contribution is 8.08. The summed E-state index contributed by atoms with van der Waals surface area (Å²) in [4.78, 5) is 3.93. The minimum absolute atomic E-state index is 0.112. The average molecular weight is 299 g/mol. The number of nitrogens with zero attached hydrogens (tertiary/aromatic N) is 1. The molecule has 3 N–H and O–H groups in total. The monoisotopic (exact) mass is 299 g/mol. The van der Waals surface area contributed by atoms with Gasteiger partial charge in [0.2, 0.25) is 10.0 Å². The highest BCUT2D eigenvalue weighted by Gasteiger charge is 2.19. The first-order valence-corrected chi connectivity index (χ1v) is 9.07. The Balaban J connectivity index is 2.84. The zero-order chi connectivity index (χ0) is 13.3. The van der Waals surface area contributed by atoms with Crippen molar-refractivity contribution in [2.75, 3.05) is 16.1 Å². The van der Waals surface area contributed by atoms with Crippen molar-refractivity contribution in [2.45, 2.75) is 13.0 Å². The SMILES string of the molecule is CC(N)c1csc(NS(=O)(=O)CS(C)(=O)=O)n1. The summed E-state index contributed by atoms with van der Waals surface area (Å²) >= 11 is 1.05. The van der Waals surface area contributed by atoms with Crippen molar-refractivity contribution in [3.05, 3.63) is 11.1 Å². The maximum atomic E-state index is 11.4. The van der Waals surface area contributed by atoms with Gasteiger partial charge in [0.05, 0.1) is 5.69 Å². The molecule has 0 saturated carbocycles. The molecule has 1 aromatic rings. The van der Waals surface area contributed by atoms with Crippen LogP contribution in [-0.2, 0) is 19.9 Å². The summed E-state index contributed by atoms with van der Waals surface area (Å²) < 4.78 is 46.8. The van der Waals surface area contributed by atoms with Crippen LogP contribution in [0.5, 0.6) is 0 Å². The van der Waals surface area contributed by atoms with E-state index in [9.17, 15) is 16.8 Å². The molecule has 0 bridgehead atoms. The van der Waals surface area contributed by atoms with Gasteiger partial charge < -0.3 is 5.73 Å². The number of thiazole rings is 1. The summed E-state index contributed by atoms with van der Waals surface area (Å²) in [6.07, 6.45) is 0.849. The Hall–Kier alpha value is -0.710. The Bertz CT molecular complexity index is 588. The van der Waals surface area contributed by atoms with Crippen LogP contribution < -0.4 is 10.5 Å². The number of hydrogen-bond donors (Lipinski definition) is 2. The number of anilines is 1. The van der Waals surface area contributed by atoms with Crippen LogP contribution in [0.4, 0.5) is 5.13 Å². The van der Waals surface area contributed by atoms with Gasteiger partial charge >= 0.3 is 0 Å². The third kappa shape index (κ3) is 4.98. The summed E-state index contributed by atoms with van der Waals surface area (Å²) in [5.74, 6) is 0. The van der Waals surface area contributed by atoms with E-state index in [-0.39, 0.29) is 11.2 Å². The Morgan fingerprint density at radius 3 is 2.47 bits per heavy atom. The van der Waals surface area contributed by atoms with E-state index in [2.05, 4.69) is 9.71 Å². The second-order valence-corrected chi connectivity index (χ2v) is 8.71. The van der Waals surface area contributed by atoms with Gasteiger partial charge in [-0.2, -0.15) is 0 Å². The summed E-state index contributed by atoms with van der Waals surface area (Å²) in [5, 5.41) is 0.761. The standard InChI is InChI=1S/C7H13N3O4S3/c1-5(8)6-3-15-7(9-6)10-17(13,14)4-16(2,11)12/h3,5H,4,8H2,1-2H3,(H,9,10). The molecule has 7 nitrogen and oxygen atoms in total. The largest absolute Gasteiger partial charge is 0.323 e. The van der Waals surface area contributed by atoms with Crippen LogP contribution in [0.3, 0.4) is 0 Å². The Morgan fingerprint density at radius 2 is 2.06 bits per heavy atom. The number of aromatic nitrogens is 1. The van der Waals surface area contributed by atoms with E-state index in [0.717, 1.165) is 17.6 Å². The lowest BCUT2D eigenvalue weighted by molar-refractivity contribution is 0.595. The zero-order valence-corrected chi connectivity index (χ0v) is 11.7. The molecule has 1 atom stereocenters. The second kappa shape index (κ2) is 4.88. The zero-order valence-electron chi connectivity index (χ0n) is 9.24. The van der Waals surface area contributed by atoms with Crippen molar-refractivity contribution in [1.29, 1.82) is 0 Å². The van der Waals surface area contributed by atoms with Crippen LogP contribution in [0, 0.1) is 0 Å². The fourth-order valence-corrected chi connectivity index (χ4v) is 5.02. The van der Waals surface area contributed by atoms with Crippen molar-refractivity contribution in [1.82, 2.24) is 4.98 Å². The lowest BCUT2D eigenvalue weighted by Crippen LogP contribution is -2.22. The lowest BCUT2D eigenvalue weighted by Gasteiger charge is -2.03. The maximum absolute atomic E-state index is 11.4. The number of sulfone groups is 1. The second-order valence-electron chi connectivity index (χ2n) is 3.63. The molecule has 0 aromatic carbocycles. The van der Waals surface area contributed by atoms with E-state index < -0.39 is 24.9 Å². The first-order chi connectivity index (χ1) is 7.59. The number of sulfonamides is 1. The van der Waals surface area contributed by atoms with Gasteiger partial charge in [0.25, 0.3) is 0 Å². The van der Waals surface area contributed by atoms with Crippen molar-refractivity contribution in [3.8, 4) is 0 Å². The molecule has 98 valence electrons. The van der Waals surface area contributed by atoms with Gasteiger partial charge in [0, 0.05) is 17.7 Å². The topological polar surface area (TPSA) is 119 Å². The lowest BCUT2D eigenvalue weighted by atomic mass is 10.3. The molecule has 0 amide bonds. The minimum atomic E-state index is -3.94. The third-order valence-electron chi connectivity index (χ3n) is 1.60. The molecular weight excluding hydrogens is 286 g/mol. The van der Waals surface area contributed by atoms with Crippen LogP contribution in [0.15, 0.2) is 5.38 Å². The van der Waals surface area contributed by atoms with E-state index in [1.807, 2.05) is 0 Å². The first kappa shape index (κ1) is 14.4. The average Bonchev–Trinajstić information content (AvgIpc) is 2.46. The number of nitrogens with two attached hydrogens (primary N) is 1. The van der Waals surface area contributed by atoms with Crippen LogP contribution in [0.25, 0.3) is 0 Å².